The maximum atomic E-state index is 12.1. The van der Waals surface area contributed by atoms with E-state index in [2.05, 4.69) is 0 Å². The summed E-state index contributed by atoms with van der Waals surface area (Å²) in [7, 11) is 0. The van der Waals surface area contributed by atoms with Crippen LogP contribution in [0, 0.1) is 5.92 Å². The highest BCUT2D eigenvalue weighted by Gasteiger charge is 2.44. The topological polar surface area (TPSA) is 49.8 Å². The second-order valence-electron chi connectivity index (χ2n) is 6.21. The Morgan fingerprint density at radius 3 is 2.65 bits per heavy atom. The zero-order chi connectivity index (χ0) is 12.6. The van der Waals surface area contributed by atoms with Gasteiger partial charge in [-0.05, 0) is 46.0 Å². The Morgan fingerprint density at radius 2 is 2.00 bits per heavy atom. The molecule has 1 amide bonds. The average molecular weight is 241 g/mol. The Labute approximate surface area is 103 Å². The molecule has 0 radical (unpaired) electrons. The van der Waals surface area contributed by atoms with E-state index in [9.17, 15) is 9.90 Å². The van der Waals surface area contributed by atoms with E-state index >= 15 is 0 Å². The van der Waals surface area contributed by atoms with Gasteiger partial charge in [0.2, 0.25) is 0 Å². The zero-order valence-electron chi connectivity index (χ0n) is 11.0. The summed E-state index contributed by atoms with van der Waals surface area (Å²) in [5, 5.41) is 10.0. The molecule has 4 nitrogen and oxygen atoms in total. The third-order valence-corrected chi connectivity index (χ3v) is 3.68. The van der Waals surface area contributed by atoms with E-state index in [1.165, 1.54) is 0 Å². The average Bonchev–Trinajstić information content (AvgIpc) is 2.60. The van der Waals surface area contributed by atoms with Crippen molar-refractivity contribution in [2.45, 2.75) is 64.2 Å². The number of aliphatic hydroxyl groups excluding tert-OH is 1. The van der Waals surface area contributed by atoms with Crippen molar-refractivity contribution in [2.75, 3.05) is 6.54 Å². The van der Waals surface area contributed by atoms with E-state index in [0.29, 0.717) is 5.92 Å². The van der Waals surface area contributed by atoms with E-state index in [0.717, 1.165) is 32.2 Å². The van der Waals surface area contributed by atoms with Gasteiger partial charge in [-0.15, -0.1) is 0 Å². The van der Waals surface area contributed by atoms with Crippen LogP contribution in [-0.2, 0) is 4.74 Å². The molecule has 0 aromatic rings. The molecule has 2 aliphatic rings. The molecule has 0 aromatic heterocycles. The van der Waals surface area contributed by atoms with Crippen LogP contribution in [0.5, 0.6) is 0 Å². The quantitative estimate of drug-likeness (QED) is 0.707. The lowest BCUT2D eigenvalue weighted by molar-refractivity contribution is -0.0109. The lowest BCUT2D eigenvalue weighted by atomic mass is 9.83. The molecular formula is C13H23NO3. The first-order valence-electron chi connectivity index (χ1n) is 6.56. The number of hydrogen-bond acceptors (Lipinski definition) is 3. The van der Waals surface area contributed by atoms with Crippen LogP contribution >= 0.6 is 0 Å². The van der Waals surface area contributed by atoms with Gasteiger partial charge in [-0.1, -0.05) is 6.42 Å². The number of likely N-dealkylation sites (tertiary alicyclic amines) is 1. The Hall–Kier alpha value is -0.770. The van der Waals surface area contributed by atoms with E-state index < -0.39 is 5.60 Å². The molecule has 1 aliphatic heterocycles. The van der Waals surface area contributed by atoms with Gasteiger partial charge in [0.1, 0.15) is 5.60 Å². The van der Waals surface area contributed by atoms with Crippen LogP contribution in [0.2, 0.25) is 0 Å². The Bertz CT molecular complexity index is 298. The number of aliphatic hydroxyl groups is 1. The minimum Gasteiger partial charge on any atom is -0.444 e. The van der Waals surface area contributed by atoms with Gasteiger partial charge in [0.05, 0.1) is 12.1 Å². The lowest BCUT2D eigenvalue weighted by Crippen LogP contribution is -2.48. The van der Waals surface area contributed by atoms with Crippen LogP contribution in [-0.4, -0.2) is 40.4 Å². The molecule has 17 heavy (non-hydrogen) atoms. The summed E-state index contributed by atoms with van der Waals surface area (Å²) in [6.45, 7) is 6.34. The Kier molecular flexibility index (Phi) is 3.34. The third kappa shape index (κ3) is 2.73. The fourth-order valence-corrected chi connectivity index (χ4v) is 3.01. The highest BCUT2D eigenvalue weighted by atomic mass is 16.6. The van der Waals surface area contributed by atoms with Crippen molar-refractivity contribution in [2.24, 2.45) is 5.92 Å². The standard InChI is InChI=1S/C13H23NO3/c1-13(2,3)17-12(16)14-8-7-9-5-4-6-10(15)11(9)14/h9-11,15H,4-8H2,1-3H3/t9-,10+,11+/m0/s1. The highest BCUT2D eigenvalue weighted by molar-refractivity contribution is 5.69. The van der Waals surface area contributed by atoms with E-state index in [-0.39, 0.29) is 18.2 Å². The number of hydrogen-bond donors (Lipinski definition) is 1. The normalized spacial score (nSPS) is 33.4. The van der Waals surface area contributed by atoms with Gasteiger partial charge in [0, 0.05) is 6.54 Å². The number of nitrogens with zero attached hydrogens (tertiary/aromatic N) is 1. The number of fused-ring (bicyclic) bond motifs is 1. The number of carbonyl (C=O) groups is 1. The van der Waals surface area contributed by atoms with E-state index in [1.807, 2.05) is 20.8 Å². The minimum absolute atomic E-state index is 0.0152. The van der Waals surface area contributed by atoms with Gasteiger partial charge >= 0.3 is 6.09 Å². The number of rotatable bonds is 0. The molecular weight excluding hydrogens is 218 g/mol. The second kappa shape index (κ2) is 4.48. The van der Waals surface area contributed by atoms with Crippen LogP contribution in [0.25, 0.3) is 0 Å². The first-order valence-corrected chi connectivity index (χ1v) is 6.56. The molecule has 98 valence electrons. The van der Waals surface area contributed by atoms with Crippen molar-refractivity contribution >= 4 is 6.09 Å². The monoisotopic (exact) mass is 241 g/mol. The first kappa shape index (κ1) is 12.7. The van der Waals surface area contributed by atoms with Gasteiger partial charge in [0.15, 0.2) is 0 Å². The van der Waals surface area contributed by atoms with Gasteiger partial charge in [-0.2, -0.15) is 0 Å². The molecule has 3 atom stereocenters. The van der Waals surface area contributed by atoms with Crippen LogP contribution < -0.4 is 0 Å². The molecule has 0 aromatic carbocycles. The summed E-state index contributed by atoms with van der Waals surface area (Å²) in [6, 6.07) is -0.0152. The summed E-state index contributed by atoms with van der Waals surface area (Å²) in [5.41, 5.74) is -0.464. The molecule has 1 saturated carbocycles. The third-order valence-electron chi connectivity index (χ3n) is 3.68. The molecule has 4 heteroatoms. The van der Waals surface area contributed by atoms with Gasteiger partial charge in [-0.3, -0.25) is 0 Å². The fraction of sp³-hybridized carbons (Fsp3) is 0.923. The molecule has 2 fully saturated rings. The first-order chi connectivity index (χ1) is 7.88. The Balaban J connectivity index is 2.04. The van der Waals surface area contributed by atoms with Crippen molar-refractivity contribution in [3.05, 3.63) is 0 Å². The van der Waals surface area contributed by atoms with Crippen molar-refractivity contribution in [3.8, 4) is 0 Å². The van der Waals surface area contributed by atoms with Crippen LogP contribution in [0.15, 0.2) is 0 Å². The summed E-state index contributed by atoms with van der Waals surface area (Å²) < 4.78 is 5.39. The van der Waals surface area contributed by atoms with Crippen LogP contribution in [0.1, 0.15) is 46.5 Å². The minimum atomic E-state index is -0.464. The van der Waals surface area contributed by atoms with E-state index in [4.69, 9.17) is 4.74 Å². The second-order valence-corrected chi connectivity index (χ2v) is 6.21. The lowest BCUT2D eigenvalue weighted by Gasteiger charge is -2.36. The van der Waals surface area contributed by atoms with Crippen LogP contribution in [0.3, 0.4) is 0 Å². The fourth-order valence-electron chi connectivity index (χ4n) is 3.01. The van der Waals surface area contributed by atoms with Crippen LogP contribution in [0.4, 0.5) is 4.79 Å². The molecule has 1 aliphatic carbocycles. The van der Waals surface area contributed by atoms with Gasteiger partial charge in [0.25, 0.3) is 0 Å². The molecule has 0 spiro atoms. The molecule has 1 saturated heterocycles. The predicted octanol–water partition coefficient (Wildman–Crippen LogP) is 2.16. The molecule has 2 rings (SSSR count). The van der Waals surface area contributed by atoms with Crippen molar-refractivity contribution in [3.63, 3.8) is 0 Å². The molecule has 1 N–H and O–H groups in total. The number of amides is 1. The van der Waals surface area contributed by atoms with E-state index in [1.54, 1.807) is 4.90 Å². The highest BCUT2D eigenvalue weighted by Crippen LogP contribution is 2.37. The Morgan fingerprint density at radius 1 is 1.29 bits per heavy atom. The summed E-state index contributed by atoms with van der Waals surface area (Å²) in [5.74, 6) is 0.464. The number of ether oxygens (including phenoxy) is 1. The van der Waals surface area contributed by atoms with Gasteiger partial charge < -0.3 is 14.7 Å². The summed E-state index contributed by atoms with van der Waals surface area (Å²) >= 11 is 0. The summed E-state index contributed by atoms with van der Waals surface area (Å²) in [4.78, 5) is 13.8. The largest absolute Gasteiger partial charge is 0.444 e. The van der Waals surface area contributed by atoms with Crippen molar-refractivity contribution in [1.29, 1.82) is 0 Å². The maximum absolute atomic E-state index is 12.1. The zero-order valence-corrected chi connectivity index (χ0v) is 11.0. The SMILES string of the molecule is CC(C)(C)OC(=O)N1CC[C@@H]2CCC[C@@H](O)[C@@H]21. The molecule has 0 bridgehead atoms. The predicted molar refractivity (Wildman–Crippen MR) is 64.7 cm³/mol. The maximum Gasteiger partial charge on any atom is 0.410 e. The van der Waals surface area contributed by atoms with Gasteiger partial charge in [-0.25, -0.2) is 4.79 Å². The molecule has 0 unspecified atom stereocenters. The van der Waals surface area contributed by atoms with Crippen molar-refractivity contribution < 1.29 is 14.6 Å². The number of carbonyl (C=O) groups excluding carboxylic acids is 1. The summed E-state index contributed by atoms with van der Waals surface area (Å²) in [6.07, 6.45) is 3.36. The molecule has 1 heterocycles. The smallest absolute Gasteiger partial charge is 0.410 e. The van der Waals surface area contributed by atoms with Crippen molar-refractivity contribution in [1.82, 2.24) is 4.90 Å².